The van der Waals surface area contributed by atoms with Crippen molar-refractivity contribution in [3.05, 3.63) is 35.8 Å². The van der Waals surface area contributed by atoms with Crippen molar-refractivity contribution < 1.29 is 18.7 Å². The van der Waals surface area contributed by atoms with Crippen molar-refractivity contribution in [3.8, 4) is 0 Å². The van der Waals surface area contributed by atoms with Crippen LogP contribution in [0.5, 0.6) is 0 Å². The minimum absolute atomic E-state index is 0.106. The van der Waals surface area contributed by atoms with E-state index in [1.807, 2.05) is 0 Å². The van der Waals surface area contributed by atoms with Gasteiger partial charge in [-0.05, 0) is 24.3 Å². The predicted molar refractivity (Wildman–Crippen MR) is 85.1 cm³/mol. The Balaban J connectivity index is 1.90. The summed E-state index contributed by atoms with van der Waals surface area (Å²) >= 11 is 1.41. The third kappa shape index (κ3) is 4.82. The molecule has 122 valence electrons. The van der Waals surface area contributed by atoms with Crippen LogP contribution in [-0.2, 0) is 15.3 Å². The third-order valence-corrected chi connectivity index (χ3v) is 3.77. The van der Waals surface area contributed by atoms with Crippen LogP contribution in [0.15, 0.2) is 33.7 Å². The highest BCUT2D eigenvalue weighted by molar-refractivity contribution is 7.98. The van der Waals surface area contributed by atoms with Crippen molar-refractivity contribution in [1.29, 1.82) is 0 Å². The second kappa shape index (κ2) is 7.77. The number of carbonyl (C=O) groups is 2. The van der Waals surface area contributed by atoms with Crippen LogP contribution < -0.4 is 5.32 Å². The number of nitrogens with one attached hydrogen (secondary N) is 1. The van der Waals surface area contributed by atoms with Gasteiger partial charge < -0.3 is 14.5 Å². The van der Waals surface area contributed by atoms with Crippen molar-refractivity contribution >= 4 is 29.5 Å². The van der Waals surface area contributed by atoms with E-state index >= 15 is 0 Å². The topological polar surface area (TPSA) is 94.3 Å². The first kappa shape index (κ1) is 17.0. The monoisotopic (exact) mass is 335 g/mol. The molecule has 0 aliphatic rings. The number of ether oxygens (including phenoxy) is 1. The third-order valence-electron chi connectivity index (χ3n) is 2.83. The molecular formula is C15H17N3O4S. The second-order valence-electron chi connectivity index (χ2n) is 4.95. The van der Waals surface area contributed by atoms with Crippen LogP contribution in [0.1, 0.15) is 30.2 Å². The number of hydrogen-bond donors (Lipinski definition) is 1. The second-order valence-corrected chi connectivity index (χ2v) is 5.94. The first-order valence-corrected chi connectivity index (χ1v) is 7.92. The Hall–Kier alpha value is -2.35. The van der Waals surface area contributed by atoms with E-state index < -0.39 is 5.97 Å². The lowest BCUT2D eigenvalue weighted by Crippen LogP contribution is -2.18. The van der Waals surface area contributed by atoms with Crippen molar-refractivity contribution in [2.24, 2.45) is 5.92 Å². The zero-order chi connectivity index (χ0) is 16.8. The fraction of sp³-hybridized carbons (Fsp3) is 0.333. The molecule has 8 heteroatoms. The summed E-state index contributed by atoms with van der Waals surface area (Å²) in [5, 5.41) is 11.3. The molecule has 2 heterocycles. The van der Waals surface area contributed by atoms with Crippen LogP contribution in [0, 0.1) is 5.92 Å². The molecule has 23 heavy (non-hydrogen) atoms. The van der Waals surface area contributed by atoms with Crippen LogP contribution in [0.2, 0.25) is 0 Å². The zero-order valence-corrected chi connectivity index (χ0v) is 13.8. The average Bonchev–Trinajstić information content (AvgIpc) is 3.02. The zero-order valence-electron chi connectivity index (χ0n) is 13.0. The summed E-state index contributed by atoms with van der Waals surface area (Å²) in [6.07, 6.45) is 0. The molecule has 2 aromatic heterocycles. The van der Waals surface area contributed by atoms with Crippen LogP contribution in [0.3, 0.4) is 0 Å². The number of aromatic nitrogens is 2. The molecule has 0 saturated carbocycles. The molecule has 0 fully saturated rings. The molecule has 2 rings (SSSR count). The first-order valence-electron chi connectivity index (χ1n) is 6.94. The molecule has 1 amide bonds. The Labute approximate surface area is 137 Å². The number of amides is 1. The molecule has 7 nitrogen and oxygen atoms in total. The van der Waals surface area contributed by atoms with Gasteiger partial charge in [0.1, 0.15) is 10.8 Å². The number of thioether (sulfide) groups is 1. The lowest BCUT2D eigenvalue weighted by atomic mass is 10.2. The Morgan fingerprint density at radius 2 is 2.04 bits per heavy atom. The number of esters is 1. The SMILES string of the molecule is COC(=O)c1ccc(CSc2ccc(NC(=O)C(C)C)nn2)o1. The minimum Gasteiger partial charge on any atom is -0.463 e. The van der Waals surface area contributed by atoms with Gasteiger partial charge in [-0.1, -0.05) is 25.6 Å². The van der Waals surface area contributed by atoms with E-state index in [1.165, 1.54) is 18.9 Å². The fourth-order valence-corrected chi connectivity index (χ4v) is 2.25. The van der Waals surface area contributed by atoms with Crippen LogP contribution in [-0.4, -0.2) is 29.2 Å². The van der Waals surface area contributed by atoms with Gasteiger partial charge in [-0.2, -0.15) is 0 Å². The maximum Gasteiger partial charge on any atom is 0.373 e. The highest BCUT2D eigenvalue weighted by atomic mass is 32.2. The maximum atomic E-state index is 11.6. The van der Waals surface area contributed by atoms with Crippen LogP contribution >= 0.6 is 11.8 Å². The minimum atomic E-state index is -0.508. The number of anilines is 1. The average molecular weight is 335 g/mol. The van der Waals surface area contributed by atoms with Crippen molar-refractivity contribution in [2.75, 3.05) is 12.4 Å². The molecule has 0 atom stereocenters. The lowest BCUT2D eigenvalue weighted by molar-refractivity contribution is -0.118. The highest BCUT2D eigenvalue weighted by Gasteiger charge is 2.12. The van der Waals surface area contributed by atoms with Gasteiger partial charge >= 0.3 is 5.97 Å². The van der Waals surface area contributed by atoms with Gasteiger partial charge in [0.15, 0.2) is 5.82 Å². The molecule has 2 aromatic rings. The summed E-state index contributed by atoms with van der Waals surface area (Å²) in [6.45, 7) is 3.61. The number of furan rings is 1. The normalized spacial score (nSPS) is 10.6. The van der Waals surface area contributed by atoms with Gasteiger partial charge in [-0.25, -0.2) is 4.79 Å². The van der Waals surface area contributed by atoms with Gasteiger partial charge in [0.2, 0.25) is 11.7 Å². The molecule has 0 unspecified atom stereocenters. The van der Waals surface area contributed by atoms with Crippen LogP contribution in [0.4, 0.5) is 5.82 Å². The number of hydrogen-bond acceptors (Lipinski definition) is 7. The summed E-state index contributed by atoms with van der Waals surface area (Å²) < 4.78 is 9.94. The van der Waals surface area contributed by atoms with Crippen molar-refractivity contribution in [1.82, 2.24) is 10.2 Å². The summed E-state index contributed by atoms with van der Waals surface area (Å²) in [6, 6.07) is 6.73. The van der Waals surface area contributed by atoms with Gasteiger partial charge in [0, 0.05) is 5.92 Å². The molecule has 0 bridgehead atoms. The molecule has 0 aliphatic carbocycles. The Morgan fingerprint density at radius 3 is 2.65 bits per heavy atom. The molecule has 0 aromatic carbocycles. The maximum absolute atomic E-state index is 11.6. The van der Waals surface area contributed by atoms with E-state index in [-0.39, 0.29) is 17.6 Å². The highest BCUT2D eigenvalue weighted by Crippen LogP contribution is 2.22. The van der Waals surface area contributed by atoms with E-state index in [1.54, 1.807) is 38.1 Å². The number of rotatable bonds is 6. The van der Waals surface area contributed by atoms with E-state index in [9.17, 15) is 9.59 Å². The lowest BCUT2D eigenvalue weighted by Gasteiger charge is -2.06. The van der Waals surface area contributed by atoms with Gasteiger partial charge in [-0.15, -0.1) is 10.2 Å². The summed E-state index contributed by atoms with van der Waals surface area (Å²) in [4.78, 5) is 22.9. The first-order chi connectivity index (χ1) is 11.0. The summed E-state index contributed by atoms with van der Waals surface area (Å²) in [5.41, 5.74) is 0. The Morgan fingerprint density at radius 1 is 1.26 bits per heavy atom. The van der Waals surface area contributed by atoms with Gasteiger partial charge in [0.25, 0.3) is 0 Å². The standard InChI is InChI=1S/C15H17N3O4S/c1-9(2)14(19)16-12-6-7-13(18-17-12)23-8-10-4-5-11(22-10)15(20)21-3/h4-7,9H,8H2,1-3H3,(H,16,17,19). The van der Waals surface area contributed by atoms with Crippen molar-refractivity contribution in [2.45, 2.75) is 24.6 Å². The van der Waals surface area contributed by atoms with E-state index in [0.29, 0.717) is 22.4 Å². The predicted octanol–water partition coefficient (Wildman–Crippen LogP) is 2.74. The molecule has 0 spiro atoms. The molecule has 0 saturated heterocycles. The molecular weight excluding hydrogens is 318 g/mol. The number of carbonyl (C=O) groups excluding carboxylic acids is 2. The summed E-state index contributed by atoms with van der Waals surface area (Å²) in [7, 11) is 1.30. The van der Waals surface area contributed by atoms with Gasteiger partial charge in [0.05, 0.1) is 12.9 Å². The van der Waals surface area contributed by atoms with Crippen molar-refractivity contribution in [3.63, 3.8) is 0 Å². The van der Waals surface area contributed by atoms with E-state index in [0.717, 1.165) is 0 Å². The van der Waals surface area contributed by atoms with E-state index in [2.05, 4.69) is 20.3 Å². The number of nitrogens with zero attached hydrogens (tertiary/aromatic N) is 2. The van der Waals surface area contributed by atoms with Crippen LogP contribution in [0.25, 0.3) is 0 Å². The molecule has 0 radical (unpaired) electrons. The fourth-order valence-electron chi connectivity index (χ4n) is 1.55. The molecule has 1 N–H and O–H groups in total. The number of methoxy groups -OCH3 is 1. The van der Waals surface area contributed by atoms with Gasteiger partial charge in [-0.3, -0.25) is 4.79 Å². The quantitative estimate of drug-likeness (QED) is 0.640. The molecule has 0 aliphatic heterocycles. The Bertz CT molecular complexity index is 682. The summed E-state index contributed by atoms with van der Waals surface area (Å²) in [5.74, 6) is 0.990. The van der Waals surface area contributed by atoms with E-state index in [4.69, 9.17) is 4.42 Å². The largest absolute Gasteiger partial charge is 0.463 e. The Kier molecular flexibility index (Phi) is 5.75. The smallest absolute Gasteiger partial charge is 0.373 e.